The lowest BCUT2D eigenvalue weighted by Crippen LogP contribution is -2.47. The molecule has 0 saturated heterocycles. The minimum atomic E-state index is -4.53. The number of alkyl halides is 3. The first-order chi connectivity index (χ1) is 11.8. The molecule has 0 fully saturated rings. The molecule has 25 heavy (non-hydrogen) atoms. The van der Waals surface area contributed by atoms with Gasteiger partial charge in [-0.15, -0.1) is 6.58 Å². The summed E-state index contributed by atoms with van der Waals surface area (Å²) in [7, 11) is 0. The molecule has 0 atom stereocenters. The Morgan fingerprint density at radius 2 is 1.84 bits per heavy atom. The lowest BCUT2D eigenvalue weighted by molar-refractivity contribution is -0.139. The second-order valence-corrected chi connectivity index (χ2v) is 6.14. The Kier molecular flexibility index (Phi) is 8.41. The van der Waals surface area contributed by atoms with Crippen LogP contribution < -0.4 is 10.5 Å². The van der Waals surface area contributed by atoms with Crippen LogP contribution in [0.5, 0.6) is 5.75 Å². The van der Waals surface area contributed by atoms with E-state index in [4.69, 9.17) is 20.7 Å². The smallest absolute Gasteiger partial charge is 0.419 e. The van der Waals surface area contributed by atoms with Gasteiger partial charge in [0.15, 0.2) is 0 Å². The number of aliphatic hydroxyl groups is 2. The van der Waals surface area contributed by atoms with Gasteiger partial charge in [-0.2, -0.15) is 13.2 Å². The van der Waals surface area contributed by atoms with Gasteiger partial charge in [-0.3, -0.25) is 0 Å². The molecule has 0 bridgehead atoms. The molecule has 0 aliphatic heterocycles. The monoisotopic (exact) mass is 361 g/mol. The highest BCUT2D eigenvalue weighted by molar-refractivity contribution is 5.39. The fourth-order valence-electron chi connectivity index (χ4n) is 2.25. The van der Waals surface area contributed by atoms with Gasteiger partial charge in [0.1, 0.15) is 5.75 Å². The minimum Gasteiger partial charge on any atom is -0.493 e. The third kappa shape index (κ3) is 7.05. The van der Waals surface area contributed by atoms with Gasteiger partial charge in [0.05, 0.1) is 30.9 Å². The van der Waals surface area contributed by atoms with Gasteiger partial charge >= 0.3 is 6.18 Å². The zero-order valence-electron chi connectivity index (χ0n) is 14.2. The van der Waals surface area contributed by atoms with Crippen LogP contribution in [0.15, 0.2) is 30.9 Å². The molecule has 0 heterocycles. The number of unbranched alkanes of at least 4 members (excludes halogenated alkanes) is 2. The zero-order chi connectivity index (χ0) is 18.9. The van der Waals surface area contributed by atoms with Crippen molar-refractivity contribution >= 4 is 0 Å². The Morgan fingerprint density at radius 1 is 1.16 bits per heavy atom. The average molecular weight is 361 g/mol. The van der Waals surface area contributed by atoms with Crippen molar-refractivity contribution in [1.29, 1.82) is 0 Å². The first kappa shape index (κ1) is 21.5. The first-order valence-corrected chi connectivity index (χ1v) is 8.20. The molecule has 1 aromatic carbocycles. The predicted octanol–water partition coefficient (Wildman–Crippen LogP) is 3.06. The number of hydrogen-bond acceptors (Lipinski definition) is 4. The maximum absolute atomic E-state index is 13.3. The molecule has 4 N–H and O–H groups in total. The molecule has 142 valence electrons. The predicted molar refractivity (Wildman–Crippen MR) is 90.4 cm³/mol. The van der Waals surface area contributed by atoms with Crippen LogP contribution in [0.2, 0.25) is 0 Å². The SMILES string of the molecule is C=CCCCCOc1ccc(CCC(N)(CO)CO)cc1C(F)(F)F. The van der Waals surface area contributed by atoms with E-state index < -0.39 is 30.5 Å². The molecule has 4 nitrogen and oxygen atoms in total. The van der Waals surface area contributed by atoms with Crippen molar-refractivity contribution in [2.24, 2.45) is 5.73 Å². The first-order valence-electron chi connectivity index (χ1n) is 8.20. The quantitative estimate of drug-likeness (QED) is 0.418. The van der Waals surface area contributed by atoms with Gasteiger partial charge in [-0.25, -0.2) is 0 Å². The van der Waals surface area contributed by atoms with E-state index in [1.54, 1.807) is 12.1 Å². The van der Waals surface area contributed by atoms with Crippen LogP contribution in [0.1, 0.15) is 36.8 Å². The standard InChI is InChI=1S/C18H26F3NO3/c1-2-3-4-5-10-25-16-7-6-14(11-15(16)18(19,20)21)8-9-17(22,12-23)13-24/h2,6-7,11,23-24H,1,3-5,8-10,12-13,22H2. The Bertz CT molecular complexity index is 543. The number of aryl methyl sites for hydroxylation is 1. The summed E-state index contributed by atoms with van der Waals surface area (Å²) < 4.78 is 45.1. The van der Waals surface area contributed by atoms with Crippen LogP contribution in [0, 0.1) is 0 Å². The fraction of sp³-hybridized carbons (Fsp3) is 0.556. The van der Waals surface area contributed by atoms with Crippen LogP contribution in [0.25, 0.3) is 0 Å². The number of halogens is 3. The van der Waals surface area contributed by atoms with Crippen molar-refractivity contribution in [2.75, 3.05) is 19.8 Å². The summed E-state index contributed by atoms with van der Waals surface area (Å²) >= 11 is 0. The number of allylic oxidation sites excluding steroid dienone is 1. The molecule has 0 aliphatic rings. The largest absolute Gasteiger partial charge is 0.493 e. The van der Waals surface area contributed by atoms with E-state index in [1.807, 2.05) is 0 Å². The van der Waals surface area contributed by atoms with E-state index in [1.165, 1.54) is 6.07 Å². The summed E-state index contributed by atoms with van der Waals surface area (Å²) in [5, 5.41) is 18.3. The fourth-order valence-corrected chi connectivity index (χ4v) is 2.25. The Balaban J connectivity index is 2.82. The van der Waals surface area contributed by atoms with E-state index >= 15 is 0 Å². The zero-order valence-corrected chi connectivity index (χ0v) is 14.2. The Hall–Kier alpha value is -1.57. The van der Waals surface area contributed by atoms with Crippen LogP contribution in [-0.2, 0) is 12.6 Å². The summed E-state index contributed by atoms with van der Waals surface area (Å²) in [6.45, 7) is 2.91. The Labute approximate surface area is 146 Å². The summed E-state index contributed by atoms with van der Waals surface area (Å²) in [6, 6.07) is 3.89. The molecule has 1 rings (SSSR count). The number of nitrogens with two attached hydrogens (primary N) is 1. The van der Waals surface area contributed by atoms with Gasteiger partial charge in [0.25, 0.3) is 0 Å². The van der Waals surface area contributed by atoms with Gasteiger partial charge < -0.3 is 20.7 Å². The van der Waals surface area contributed by atoms with Crippen LogP contribution >= 0.6 is 0 Å². The third-order valence-electron chi connectivity index (χ3n) is 3.95. The number of rotatable bonds is 11. The molecule has 0 amide bonds. The number of benzene rings is 1. The van der Waals surface area contributed by atoms with Crippen molar-refractivity contribution in [3.8, 4) is 5.75 Å². The summed E-state index contributed by atoms with van der Waals surface area (Å²) in [6.07, 6.45) is -0.145. The summed E-state index contributed by atoms with van der Waals surface area (Å²) in [5.74, 6) is -0.196. The molecule has 0 aromatic heterocycles. The highest BCUT2D eigenvalue weighted by Crippen LogP contribution is 2.37. The third-order valence-corrected chi connectivity index (χ3v) is 3.95. The number of ether oxygens (including phenoxy) is 1. The molecular formula is C18H26F3NO3. The van der Waals surface area contributed by atoms with Crippen LogP contribution in [-0.4, -0.2) is 35.6 Å². The van der Waals surface area contributed by atoms with Crippen LogP contribution in [0.4, 0.5) is 13.2 Å². The molecule has 0 radical (unpaired) electrons. The van der Waals surface area contributed by atoms with Gasteiger partial charge in [0.2, 0.25) is 0 Å². The minimum absolute atomic E-state index is 0.166. The van der Waals surface area contributed by atoms with Crippen LogP contribution in [0.3, 0.4) is 0 Å². The second-order valence-electron chi connectivity index (χ2n) is 6.14. The average Bonchev–Trinajstić information content (AvgIpc) is 2.59. The summed E-state index contributed by atoms with van der Waals surface area (Å²) in [5.41, 5.74) is 4.13. The number of aliphatic hydroxyl groups excluding tert-OH is 2. The molecule has 0 aliphatic carbocycles. The van der Waals surface area contributed by atoms with Gasteiger partial charge in [-0.05, 0) is 49.8 Å². The highest BCUT2D eigenvalue weighted by Gasteiger charge is 2.35. The van der Waals surface area contributed by atoms with Crippen molar-refractivity contribution in [3.63, 3.8) is 0 Å². The van der Waals surface area contributed by atoms with E-state index in [9.17, 15) is 13.2 Å². The van der Waals surface area contributed by atoms with E-state index in [2.05, 4.69) is 6.58 Å². The van der Waals surface area contributed by atoms with Crippen molar-refractivity contribution in [3.05, 3.63) is 42.0 Å². The molecule has 7 heteroatoms. The lowest BCUT2D eigenvalue weighted by atomic mass is 9.93. The summed E-state index contributed by atoms with van der Waals surface area (Å²) in [4.78, 5) is 0. The highest BCUT2D eigenvalue weighted by atomic mass is 19.4. The number of hydrogen-bond donors (Lipinski definition) is 3. The maximum Gasteiger partial charge on any atom is 0.419 e. The van der Waals surface area contributed by atoms with Crippen molar-refractivity contribution in [1.82, 2.24) is 0 Å². The molecule has 0 spiro atoms. The molecular weight excluding hydrogens is 335 g/mol. The molecule has 0 saturated carbocycles. The lowest BCUT2D eigenvalue weighted by Gasteiger charge is -2.24. The van der Waals surface area contributed by atoms with Crippen molar-refractivity contribution < 1.29 is 28.1 Å². The second kappa shape index (κ2) is 9.79. The van der Waals surface area contributed by atoms with Gasteiger partial charge in [-0.1, -0.05) is 12.1 Å². The van der Waals surface area contributed by atoms with E-state index in [-0.39, 0.29) is 25.2 Å². The maximum atomic E-state index is 13.3. The van der Waals surface area contributed by atoms with E-state index in [0.29, 0.717) is 12.0 Å². The Morgan fingerprint density at radius 3 is 2.40 bits per heavy atom. The van der Waals surface area contributed by atoms with E-state index in [0.717, 1.165) is 18.9 Å². The van der Waals surface area contributed by atoms with Gasteiger partial charge in [0, 0.05) is 0 Å². The molecule has 0 unspecified atom stereocenters. The molecule has 1 aromatic rings. The topological polar surface area (TPSA) is 75.7 Å². The normalized spacial score (nSPS) is 12.2. The van der Waals surface area contributed by atoms with Crippen molar-refractivity contribution in [2.45, 2.75) is 43.8 Å².